The molecule has 0 aliphatic carbocycles. The Labute approximate surface area is 542 Å². The summed E-state index contributed by atoms with van der Waals surface area (Å²) in [6.07, 6.45) is 0. The van der Waals surface area contributed by atoms with Gasteiger partial charge in [-0.2, -0.15) is 0 Å². The lowest BCUT2D eigenvalue weighted by Gasteiger charge is -2.18. The van der Waals surface area contributed by atoms with Gasteiger partial charge in [0.25, 0.3) is 0 Å². The van der Waals surface area contributed by atoms with Crippen LogP contribution in [0.5, 0.6) is 0 Å². The molecular weight excluding hydrogens is 1140 g/mol. The number of benzene rings is 14. The first-order chi connectivity index (χ1) is 46.6. The molecule has 0 unspecified atom stereocenters. The van der Waals surface area contributed by atoms with Crippen molar-refractivity contribution in [2.75, 3.05) is 0 Å². The molecule has 19 rings (SSSR count). The molecule has 0 fully saturated rings. The Morgan fingerprint density at radius 3 is 1.02 bits per heavy atom. The first-order valence-electron chi connectivity index (χ1n) is 32.1. The van der Waals surface area contributed by atoms with Crippen LogP contribution in [-0.4, -0.2) is 28.2 Å². The average Bonchev–Trinajstić information content (AvgIpc) is 1.34. The number of hydrogen-bond acceptors (Lipinski definition) is 2. The van der Waals surface area contributed by atoms with Crippen LogP contribution in [0.25, 0.3) is 177 Å². The van der Waals surface area contributed by atoms with Crippen molar-refractivity contribution in [2.24, 2.45) is 0 Å². The van der Waals surface area contributed by atoms with E-state index in [1.165, 1.54) is 54.4 Å². The van der Waals surface area contributed by atoms with Gasteiger partial charge in [-0.05, 0) is 148 Å². The second-order valence-electron chi connectivity index (χ2n) is 24.5. The number of hydrogen-bond donors (Lipinski definition) is 0. The van der Waals surface area contributed by atoms with Gasteiger partial charge in [0, 0.05) is 71.3 Å². The third-order valence-corrected chi connectivity index (χ3v) is 19.2. The Hall–Kier alpha value is -12.6. The summed E-state index contributed by atoms with van der Waals surface area (Å²) < 4.78 is 9.48. The number of fused-ring (bicyclic) bond motifs is 12. The SMILES string of the molecule is c1ccc(-c2cccc(-c3ccccc3)c2-c2cc(-c3cccc(-n4c5ccccc5c5ccc(-c6ccc7c(c6)c6ccccc6n7-c6ccccc6)cc54)c3)nc(-n3c4ccccc4c4ccc(-c5ccc6c(c5)c5ccccc5n6-c5ccccc5)cc43)n2)cc1. The minimum Gasteiger partial charge on any atom is -0.309 e. The molecule has 5 heterocycles. The molecule has 0 atom stereocenters. The summed E-state index contributed by atoms with van der Waals surface area (Å²) >= 11 is 0. The zero-order valence-electron chi connectivity index (χ0n) is 51.0. The quantitative estimate of drug-likeness (QED) is 0.137. The summed E-state index contributed by atoms with van der Waals surface area (Å²) in [5.74, 6) is 0.579. The van der Waals surface area contributed by atoms with Gasteiger partial charge < -0.3 is 13.7 Å². The zero-order valence-corrected chi connectivity index (χ0v) is 51.0. The molecule has 0 amide bonds. The summed E-state index contributed by atoms with van der Waals surface area (Å²) in [5, 5.41) is 9.50. The van der Waals surface area contributed by atoms with Crippen LogP contribution in [0.3, 0.4) is 0 Å². The summed E-state index contributed by atoms with van der Waals surface area (Å²) in [7, 11) is 0. The molecule has 0 aliphatic heterocycles. The number of para-hydroxylation sites is 6. The molecule has 0 spiro atoms. The van der Waals surface area contributed by atoms with E-state index in [-0.39, 0.29) is 0 Å². The lowest BCUT2D eigenvalue weighted by atomic mass is 9.89. The molecule has 6 nitrogen and oxygen atoms in total. The molecule has 94 heavy (non-hydrogen) atoms. The van der Waals surface area contributed by atoms with E-state index in [0.29, 0.717) is 5.95 Å². The van der Waals surface area contributed by atoms with Crippen LogP contribution in [0.15, 0.2) is 340 Å². The van der Waals surface area contributed by atoms with Crippen LogP contribution in [0.2, 0.25) is 0 Å². The van der Waals surface area contributed by atoms with Gasteiger partial charge in [-0.3, -0.25) is 4.57 Å². The maximum absolute atomic E-state index is 5.84. The predicted octanol–water partition coefficient (Wildman–Crippen LogP) is 22.9. The molecule has 6 heteroatoms. The van der Waals surface area contributed by atoms with Gasteiger partial charge in [0.1, 0.15) is 0 Å². The third-order valence-electron chi connectivity index (χ3n) is 19.2. The fourth-order valence-corrected chi connectivity index (χ4v) is 15.0. The normalized spacial score (nSPS) is 11.8. The van der Waals surface area contributed by atoms with Crippen molar-refractivity contribution in [2.45, 2.75) is 0 Å². The van der Waals surface area contributed by atoms with Gasteiger partial charge in [0.15, 0.2) is 0 Å². The molecule has 0 saturated heterocycles. The summed E-state index contributed by atoms with van der Waals surface area (Å²) in [6.45, 7) is 0. The summed E-state index contributed by atoms with van der Waals surface area (Å²) in [4.78, 5) is 11.6. The van der Waals surface area contributed by atoms with Gasteiger partial charge in [0.05, 0.1) is 55.5 Å². The molecule has 0 aliphatic rings. The van der Waals surface area contributed by atoms with Crippen molar-refractivity contribution < 1.29 is 0 Å². The molecular formula is C88H56N6. The fourth-order valence-electron chi connectivity index (χ4n) is 15.0. The number of nitrogens with zero attached hydrogens (tertiary/aromatic N) is 6. The maximum atomic E-state index is 5.84. The van der Waals surface area contributed by atoms with Crippen LogP contribution in [0, 0.1) is 0 Å². The van der Waals surface area contributed by atoms with Crippen LogP contribution in [0.1, 0.15) is 0 Å². The summed E-state index contributed by atoms with van der Waals surface area (Å²) in [6, 6.07) is 123. The Bertz CT molecular complexity index is 6150. The van der Waals surface area contributed by atoms with E-state index >= 15 is 0 Å². The van der Waals surface area contributed by atoms with Crippen molar-refractivity contribution in [3.8, 4) is 90.0 Å². The van der Waals surface area contributed by atoms with E-state index in [1.807, 2.05) is 0 Å². The van der Waals surface area contributed by atoms with Gasteiger partial charge in [-0.15, -0.1) is 0 Å². The van der Waals surface area contributed by atoms with Gasteiger partial charge >= 0.3 is 0 Å². The van der Waals surface area contributed by atoms with E-state index in [0.717, 1.165) is 117 Å². The van der Waals surface area contributed by atoms with E-state index in [2.05, 4.69) is 358 Å². The van der Waals surface area contributed by atoms with Crippen molar-refractivity contribution in [1.29, 1.82) is 0 Å². The Kier molecular flexibility index (Phi) is 12.2. The first-order valence-corrected chi connectivity index (χ1v) is 32.1. The average molecular weight is 1200 g/mol. The largest absolute Gasteiger partial charge is 0.309 e. The monoisotopic (exact) mass is 1200 g/mol. The molecule has 14 aromatic carbocycles. The number of aromatic nitrogens is 6. The molecule has 0 saturated carbocycles. The molecule has 0 radical (unpaired) electrons. The third kappa shape index (κ3) is 8.51. The van der Waals surface area contributed by atoms with Crippen LogP contribution in [-0.2, 0) is 0 Å². The topological polar surface area (TPSA) is 45.5 Å². The Balaban J connectivity index is 0.817. The summed E-state index contributed by atoms with van der Waals surface area (Å²) in [5.41, 5.74) is 24.9. The van der Waals surface area contributed by atoms with Crippen LogP contribution < -0.4 is 0 Å². The van der Waals surface area contributed by atoms with Gasteiger partial charge in [0.2, 0.25) is 5.95 Å². The van der Waals surface area contributed by atoms with Crippen molar-refractivity contribution in [3.63, 3.8) is 0 Å². The fraction of sp³-hybridized carbons (Fsp3) is 0. The highest BCUT2D eigenvalue weighted by molar-refractivity contribution is 6.15. The predicted molar refractivity (Wildman–Crippen MR) is 392 cm³/mol. The van der Waals surface area contributed by atoms with Gasteiger partial charge in [-0.25, -0.2) is 9.97 Å². The zero-order chi connectivity index (χ0) is 61.8. The van der Waals surface area contributed by atoms with Crippen molar-refractivity contribution in [3.05, 3.63) is 340 Å². The van der Waals surface area contributed by atoms with Gasteiger partial charge in [-0.1, -0.05) is 237 Å². The highest BCUT2D eigenvalue weighted by atomic mass is 15.2. The molecule has 5 aromatic heterocycles. The number of rotatable bonds is 10. The molecule has 19 aromatic rings. The molecule has 0 bridgehead atoms. The van der Waals surface area contributed by atoms with E-state index in [1.54, 1.807) is 0 Å². The minimum absolute atomic E-state index is 0.579. The second kappa shape index (κ2) is 21.5. The highest BCUT2D eigenvalue weighted by Crippen LogP contribution is 2.45. The maximum Gasteiger partial charge on any atom is 0.235 e. The second-order valence-corrected chi connectivity index (χ2v) is 24.5. The van der Waals surface area contributed by atoms with E-state index in [4.69, 9.17) is 9.97 Å². The smallest absolute Gasteiger partial charge is 0.235 e. The lowest BCUT2D eigenvalue weighted by molar-refractivity contribution is 0.995. The van der Waals surface area contributed by atoms with E-state index in [9.17, 15) is 0 Å². The molecule has 0 N–H and O–H groups in total. The van der Waals surface area contributed by atoms with Crippen molar-refractivity contribution in [1.82, 2.24) is 28.2 Å². The first kappa shape index (κ1) is 53.2. The lowest BCUT2D eigenvalue weighted by Crippen LogP contribution is -2.05. The Morgan fingerprint density at radius 1 is 0.181 bits per heavy atom. The molecule has 438 valence electrons. The highest BCUT2D eigenvalue weighted by Gasteiger charge is 2.24. The van der Waals surface area contributed by atoms with Crippen LogP contribution >= 0.6 is 0 Å². The Morgan fingerprint density at radius 2 is 0.521 bits per heavy atom. The van der Waals surface area contributed by atoms with Crippen molar-refractivity contribution >= 4 is 87.2 Å². The minimum atomic E-state index is 0.579. The standard InChI is InChI=1S/C88H56N6/c1-5-23-57(24-6-1)67-37-22-38-68(58-25-7-2-8-26-58)87(67)78-56-77(89-88(90-78)94-82-42-20-14-34-70(82)74-48-44-62(55-86(74)94)60-46-50-84-76(53-60)72-36-16-19-41-81(72)92(84)65-30-11-4-12-31-65)63-27-21-32-66(51-63)93-79-39-17-13-33-69(79)73-47-43-61(54-85(73)93)59-45-49-83-75(52-59)71-35-15-18-40-80(71)91(83)64-28-9-3-10-29-64/h1-56H. The van der Waals surface area contributed by atoms with E-state index < -0.39 is 0 Å². The van der Waals surface area contributed by atoms with Crippen LogP contribution in [0.4, 0.5) is 0 Å².